The van der Waals surface area contributed by atoms with Crippen molar-refractivity contribution in [2.75, 3.05) is 6.61 Å². The first-order chi connectivity index (χ1) is 10.1. The lowest BCUT2D eigenvalue weighted by Crippen LogP contribution is -2.35. The minimum absolute atomic E-state index is 0.0648. The van der Waals surface area contributed by atoms with Crippen LogP contribution in [0.25, 0.3) is 10.9 Å². The fourth-order valence-electron chi connectivity index (χ4n) is 1.80. The summed E-state index contributed by atoms with van der Waals surface area (Å²) in [4.78, 5) is 27.7. The number of benzene rings is 1. The van der Waals surface area contributed by atoms with Gasteiger partial charge in [-0.3, -0.25) is 4.79 Å². The Morgan fingerprint density at radius 3 is 2.76 bits per heavy atom. The second kappa shape index (κ2) is 6.83. The molecule has 1 heterocycles. The van der Waals surface area contributed by atoms with Crippen LogP contribution < -0.4 is 5.32 Å². The Morgan fingerprint density at radius 2 is 2.00 bits per heavy atom. The van der Waals surface area contributed by atoms with Gasteiger partial charge in [0.25, 0.3) is 5.91 Å². The molecule has 0 saturated carbocycles. The molecule has 0 radical (unpaired) electrons. The SMILES string of the molecule is CCC(C)NC(=O)COC(=O)c1ccc2ccccc2n1. The number of fused-ring (bicyclic) bond motifs is 1. The molecule has 1 atom stereocenters. The number of para-hydroxylation sites is 1. The third-order valence-electron chi connectivity index (χ3n) is 3.16. The molecule has 0 aliphatic rings. The summed E-state index contributed by atoms with van der Waals surface area (Å²) >= 11 is 0. The van der Waals surface area contributed by atoms with E-state index in [4.69, 9.17) is 4.74 Å². The molecule has 0 spiro atoms. The van der Waals surface area contributed by atoms with Crippen LogP contribution in [0.4, 0.5) is 0 Å². The molecule has 0 aliphatic heterocycles. The molecule has 0 bridgehead atoms. The number of rotatable bonds is 5. The van der Waals surface area contributed by atoms with Crippen LogP contribution >= 0.6 is 0 Å². The number of nitrogens with zero attached hydrogens (tertiary/aromatic N) is 1. The largest absolute Gasteiger partial charge is 0.451 e. The van der Waals surface area contributed by atoms with E-state index in [0.717, 1.165) is 17.3 Å². The normalized spacial score (nSPS) is 11.9. The first-order valence-electron chi connectivity index (χ1n) is 6.92. The van der Waals surface area contributed by atoms with Crippen LogP contribution in [0.1, 0.15) is 30.8 Å². The molecule has 0 saturated heterocycles. The van der Waals surface area contributed by atoms with Crippen molar-refractivity contribution < 1.29 is 14.3 Å². The third kappa shape index (κ3) is 4.02. The maximum atomic E-state index is 11.9. The van der Waals surface area contributed by atoms with Crippen molar-refractivity contribution in [2.45, 2.75) is 26.3 Å². The van der Waals surface area contributed by atoms with Crippen LogP contribution in [0, 0.1) is 0 Å². The van der Waals surface area contributed by atoms with Crippen LogP contribution in [0.5, 0.6) is 0 Å². The van der Waals surface area contributed by atoms with E-state index in [2.05, 4.69) is 10.3 Å². The monoisotopic (exact) mass is 286 g/mol. The van der Waals surface area contributed by atoms with E-state index >= 15 is 0 Å². The Kier molecular flexibility index (Phi) is 4.87. The van der Waals surface area contributed by atoms with Gasteiger partial charge in [0.05, 0.1) is 5.52 Å². The van der Waals surface area contributed by atoms with E-state index in [0.29, 0.717) is 0 Å². The quantitative estimate of drug-likeness (QED) is 0.856. The molecular formula is C16H18N2O3. The van der Waals surface area contributed by atoms with Crippen LogP contribution in [0.15, 0.2) is 36.4 Å². The zero-order valence-corrected chi connectivity index (χ0v) is 12.1. The van der Waals surface area contributed by atoms with Crippen molar-refractivity contribution in [3.8, 4) is 0 Å². The van der Waals surface area contributed by atoms with E-state index in [-0.39, 0.29) is 24.2 Å². The van der Waals surface area contributed by atoms with E-state index in [9.17, 15) is 9.59 Å². The van der Waals surface area contributed by atoms with Gasteiger partial charge in [-0.15, -0.1) is 0 Å². The molecule has 0 aliphatic carbocycles. The number of nitrogens with one attached hydrogen (secondary N) is 1. The van der Waals surface area contributed by atoms with Gasteiger partial charge in [0.15, 0.2) is 6.61 Å². The third-order valence-corrected chi connectivity index (χ3v) is 3.16. The summed E-state index contributed by atoms with van der Waals surface area (Å²) in [7, 11) is 0. The zero-order valence-electron chi connectivity index (χ0n) is 12.1. The Morgan fingerprint density at radius 1 is 1.24 bits per heavy atom. The predicted octanol–water partition coefficient (Wildman–Crippen LogP) is 2.31. The highest BCUT2D eigenvalue weighted by molar-refractivity contribution is 5.92. The molecule has 2 aromatic rings. The van der Waals surface area contributed by atoms with Gasteiger partial charge in [0.1, 0.15) is 5.69 Å². The van der Waals surface area contributed by atoms with Gasteiger partial charge in [0, 0.05) is 11.4 Å². The van der Waals surface area contributed by atoms with Crippen molar-refractivity contribution in [1.82, 2.24) is 10.3 Å². The van der Waals surface area contributed by atoms with Gasteiger partial charge >= 0.3 is 5.97 Å². The molecule has 1 N–H and O–H groups in total. The number of hydrogen-bond acceptors (Lipinski definition) is 4. The van der Waals surface area contributed by atoms with Crippen molar-refractivity contribution in [1.29, 1.82) is 0 Å². The number of esters is 1. The number of carbonyl (C=O) groups excluding carboxylic acids is 2. The molecule has 1 aromatic carbocycles. The van der Waals surface area contributed by atoms with Crippen molar-refractivity contribution >= 4 is 22.8 Å². The average Bonchev–Trinajstić information content (AvgIpc) is 2.51. The smallest absolute Gasteiger partial charge is 0.357 e. The van der Waals surface area contributed by atoms with Crippen LogP contribution in [0.2, 0.25) is 0 Å². The fourth-order valence-corrected chi connectivity index (χ4v) is 1.80. The molecule has 110 valence electrons. The van der Waals surface area contributed by atoms with Gasteiger partial charge < -0.3 is 10.1 Å². The van der Waals surface area contributed by atoms with Crippen molar-refractivity contribution in [3.05, 3.63) is 42.1 Å². The molecule has 0 fully saturated rings. The standard InChI is InChI=1S/C16H18N2O3/c1-3-11(2)17-15(19)10-21-16(20)14-9-8-12-6-4-5-7-13(12)18-14/h4-9,11H,3,10H2,1-2H3,(H,17,19). The first-order valence-corrected chi connectivity index (χ1v) is 6.92. The van der Waals surface area contributed by atoms with Crippen LogP contribution in [-0.4, -0.2) is 29.5 Å². The van der Waals surface area contributed by atoms with E-state index in [1.54, 1.807) is 12.1 Å². The number of hydrogen-bond donors (Lipinski definition) is 1. The average molecular weight is 286 g/mol. The first kappa shape index (κ1) is 15.0. The van der Waals surface area contributed by atoms with E-state index in [1.807, 2.05) is 38.1 Å². The molecule has 21 heavy (non-hydrogen) atoms. The van der Waals surface area contributed by atoms with Crippen molar-refractivity contribution in [3.63, 3.8) is 0 Å². The lowest BCUT2D eigenvalue weighted by molar-refractivity contribution is -0.124. The van der Waals surface area contributed by atoms with Crippen molar-refractivity contribution in [2.24, 2.45) is 0 Å². The van der Waals surface area contributed by atoms with Gasteiger partial charge in [-0.25, -0.2) is 9.78 Å². The highest BCUT2D eigenvalue weighted by atomic mass is 16.5. The summed E-state index contributed by atoms with van der Waals surface area (Å²) in [6, 6.07) is 11.0. The molecule has 1 amide bonds. The molecule has 2 rings (SSSR count). The topological polar surface area (TPSA) is 68.3 Å². The number of aromatic nitrogens is 1. The van der Waals surface area contributed by atoms with E-state index in [1.165, 1.54) is 0 Å². The summed E-state index contributed by atoms with van der Waals surface area (Å²) in [6.07, 6.45) is 0.825. The second-order valence-corrected chi connectivity index (χ2v) is 4.84. The maximum absolute atomic E-state index is 11.9. The molecular weight excluding hydrogens is 268 g/mol. The summed E-state index contributed by atoms with van der Waals surface area (Å²) in [5, 5.41) is 3.68. The molecule has 1 unspecified atom stereocenters. The lowest BCUT2D eigenvalue weighted by atomic mass is 10.2. The van der Waals surface area contributed by atoms with Crippen LogP contribution in [-0.2, 0) is 9.53 Å². The highest BCUT2D eigenvalue weighted by Gasteiger charge is 2.13. The van der Waals surface area contributed by atoms with Crippen LogP contribution in [0.3, 0.4) is 0 Å². The van der Waals surface area contributed by atoms with E-state index < -0.39 is 5.97 Å². The number of pyridine rings is 1. The zero-order chi connectivity index (χ0) is 15.2. The summed E-state index contributed by atoms with van der Waals surface area (Å²) in [6.45, 7) is 3.57. The Hall–Kier alpha value is -2.43. The minimum Gasteiger partial charge on any atom is -0.451 e. The summed E-state index contributed by atoms with van der Waals surface area (Å²) < 4.78 is 4.97. The maximum Gasteiger partial charge on any atom is 0.357 e. The summed E-state index contributed by atoms with van der Waals surface area (Å²) in [5.74, 6) is -0.904. The molecule has 5 nitrogen and oxygen atoms in total. The van der Waals surface area contributed by atoms with Gasteiger partial charge in [-0.2, -0.15) is 0 Å². The highest BCUT2D eigenvalue weighted by Crippen LogP contribution is 2.12. The Balaban J connectivity index is 1.97. The number of ether oxygens (including phenoxy) is 1. The summed E-state index contributed by atoms with van der Waals surface area (Å²) in [5.41, 5.74) is 0.918. The minimum atomic E-state index is -0.597. The van der Waals surface area contributed by atoms with Gasteiger partial charge in [0.2, 0.25) is 0 Å². The van der Waals surface area contributed by atoms with Gasteiger partial charge in [-0.05, 0) is 25.5 Å². The number of carbonyl (C=O) groups is 2. The Labute approximate surface area is 123 Å². The predicted molar refractivity (Wildman–Crippen MR) is 79.9 cm³/mol. The molecule has 5 heteroatoms. The second-order valence-electron chi connectivity index (χ2n) is 4.84. The lowest BCUT2D eigenvalue weighted by Gasteiger charge is -2.11. The number of amides is 1. The fraction of sp³-hybridized carbons (Fsp3) is 0.312. The van der Waals surface area contributed by atoms with Gasteiger partial charge in [-0.1, -0.05) is 31.2 Å². The Bertz CT molecular complexity index is 655. The molecule has 1 aromatic heterocycles.